The molecule has 0 unspecified atom stereocenters. The molecule has 2 aromatic carbocycles. The molecule has 0 bridgehead atoms. The van der Waals surface area contributed by atoms with Gasteiger partial charge in [-0.2, -0.15) is 0 Å². The SMILES string of the molecule is Fc1cccc2[nH]c(-c3cccc(Cl)c3Cl)nc12. The number of nitrogens with one attached hydrogen (secondary N) is 1. The zero-order valence-corrected chi connectivity index (χ0v) is 10.6. The van der Waals surface area contributed by atoms with Crippen LogP contribution >= 0.6 is 23.2 Å². The molecule has 1 N–H and O–H groups in total. The van der Waals surface area contributed by atoms with Crippen molar-refractivity contribution in [2.24, 2.45) is 0 Å². The zero-order chi connectivity index (χ0) is 12.7. The van der Waals surface area contributed by atoms with Crippen molar-refractivity contribution in [3.05, 3.63) is 52.3 Å². The minimum Gasteiger partial charge on any atom is -0.338 e. The minimum atomic E-state index is -0.367. The third-order valence-electron chi connectivity index (χ3n) is 2.67. The Morgan fingerprint density at radius 2 is 1.83 bits per heavy atom. The van der Waals surface area contributed by atoms with Crippen molar-refractivity contribution >= 4 is 34.2 Å². The highest BCUT2D eigenvalue weighted by Gasteiger charge is 2.12. The lowest BCUT2D eigenvalue weighted by atomic mass is 10.2. The van der Waals surface area contributed by atoms with Crippen LogP contribution in [0.3, 0.4) is 0 Å². The average molecular weight is 281 g/mol. The van der Waals surface area contributed by atoms with Crippen molar-refractivity contribution in [2.75, 3.05) is 0 Å². The number of H-pyrrole nitrogens is 1. The van der Waals surface area contributed by atoms with Crippen LogP contribution in [0.25, 0.3) is 22.4 Å². The Hall–Kier alpha value is -1.58. The highest BCUT2D eigenvalue weighted by molar-refractivity contribution is 6.43. The van der Waals surface area contributed by atoms with E-state index in [0.29, 0.717) is 32.5 Å². The van der Waals surface area contributed by atoms with E-state index in [0.717, 1.165) is 0 Å². The first-order chi connectivity index (χ1) is 8.66. The summed E-state index contributed by atoms with van der Waals surface area (Å²) < 4.78 is 13.6. The monoisotopic (exact) mass is 280 g/mol. The maximum Gasteiger partial charge on any atom is 0.151 e. The summed E-state index contributed by atoms with van der Waals surface area (Å²) in [5.41, 5.74) is 1.57. The molecular weight excluding hydrogens is 274 g/mol. The van der Waals surface area contributed by atoms with E-state index in [2.05, 4.69) is 9.97 Å². The molecule has 90 valence electrons. The second kappa shape index (κ2) is 4.26. The van der Waals surface area contributed by atoms with E-state index in [1.807, 2.05) is 0 Å². The second-order valence-corrected chi connectivity index (χ2v) is 4.61. The van der Waals surface area contributed by atoms with Gasteiger partial charge in [0.05, 0.1) is 15.6 Å². The lowest BCUT2D eigenvalue weighted by Gasteiger charge is -2.01. The normalized spacial score (nSPS) is 11.1. The lowest BCUT2D eigenvalue weighted by molar-refractivity contribution is 0.637. The molecule has 0 saturated carbocycles. The van der Waals surface area contributed by atoms with Gasteiger partial charge in [0.1, 0.15) is 11.3 Å². The van der Waals surface area contributed by atoms with Crippen LogP contribution in [0.2, 0.25) is 10.0 Å². The van der Waals surface area contributed by atoms with Gasteiger partial charge in [-0.3, -0.25) is 0 Å². The van der Waals surface area contributed by atoms with E-state index in [-0.39, 0.29) is 5.82 Å². The Morgan fingerprint density at radius 1 is 1.06 bits per heavy atom. The number of nitrogens with zero attached hydrogens (tertiary/aromatic N) is 1. The number of imidazole rings is 1. The summed E-state index contributed by atoms with van der Waals surface area (Å²) in [6.07, 6.45) is 0. The highest BCUT2D eigenvalue weighted by Crippen LogP contribution is 2.33. The minimum absolute atomic E-state index is 0.295. The molecule has 0 amide bonds. The first-order valence-corrected chi connectivity index (χ1v) is 6.01. The summed E-state index contributed by atoms with van der Waals surface area (Å²) in [4.78, 5) is 7.24. The number of aromatic nitrogens is 2. The largest absolute Gasteiger partial charge is 0.338 e. The van der Waals surface area contributed by atoms with Crippen LogP contribution in [-0.2, 0) is 0 Å². The molecule has 0 fully saturated rings. The van der Waals surface area contributed by atoms with Gasteiger partial charge in [0.15, 0.2) is 5.82 Å². The smallest absolute Gasteiger partial charge is 0.151 e. The number of hydrogen-bond donors (Lipinski definition) is 1. The summed E-state index contributed by atoms with van der Waals surface area (Å²) in [6, 6.07) is 9.99. The van der Waals surface area contributed by atoms with Gasteiger partial charge in [-0.1, -0.05) is 35.3 Å². The van der Waals surface area contributed by atoms with Crippen molar-refractivity contribution in [3.63, 3.8) is 0 Å². The first kappa shape index (κ1) is 11.5. The first-order valence-electron chi connectivity index (χ1n) is 5.25. The van der Waals surface area contributed by atoms with E-state index < -0.39 is 0 Å². The molecule has 0 aliphatic carbocycles. The molecule has 3 rings (SSSR count). The second-order valence-electron chi connectivity index (χ2n) is 3.82. The molecular formula is C13H7Cl2FN2. The fourth-order valence-electron chi connectivity index (χ4n) is 1.81. The molecule has 0 radical (unpaired) electrons. The molecule has 5 heteroatoms. The maximum absolute atomic E-state index is 13.6. The van der Waals surface area contributed by atoms with Gasteiger partial charge < -0.3 is 4.98 Å². The number of benzene rings is 2. The topological polar surface area (TPSA) is 28.7 Å². The van der Waals surface area contributed by atoms with Crippen molar-refractivity contribution < 1.29 is 4.39 Å². The predicted molar refractivity (Wildman–Crippen MR) is 71.5 cm³/mol. The molecule has 0 saturated heterocycles. The fourth-order valence-corrected chi connectivity index (χ4v) is 2.20. The Kier molecular flexibility index (Phi) is 2.73. The van der Waals surface area contributed by atoms with Crippen molar-refractivity contribution in [2.45, 2.75) is 0 Å². The zero-order valence-electron chi connectivity index (χ0n) is 9.05. The summed E-state index contributed by atoms with van der Waals surface area (Å²) in [6.45, 7) is 0. The van der Waals surface area contributed by atoms with Gasteiger partial charge in [-0.05, 0) is 24.3 Å². The van der Waals surface area contributed by atoms with Gasteiger partial charge >= 0.3 is 0 Å². The van der Waals surface area contributed by atoms with Crippen LogP contribution < -0.4 is 0 Å². The number of hydrogen-bond acceptors (Lipinski definition) is 1. The maximum atomic E-state index is 13.6. The van der Waals surface area contributed by atoms with Crippen molar-refractivity contribution in [1.29, 1.82) is 0 Å². The number of rotatable bonds is 1. The molecule has 1 aromatic heterocycles. The van der Waals surface area contributed by atoms with E-state index in [4.69, 9.17) is 23.2 Å². The van der Waals surface area contributed by atoms with Gasteiger partial charge in [0.2, 0.25) is 0 Å². The fraction of sp³-hybridized carbons (Fsp3) is 0. The molecule has 0 spiro atoms. The van der Waals surface area contributed by atoms with E-state index in [1.165, 1.54) is 6.07 Å². The summed E-state index contributed by atoms with van der Waals surface area (Å²) in [7, 11) is 0. The Balaban J connectivity index is 2.26. The third kappa shape index (κ3) is 1.76. The van der Waals surface area contributed by atoms with Crippen molar-refractivity contribution in [1.82, 2.24) is 9.97 Å². The predicted octanol–water partition coefficient (Wildman–Crippen LogP) is 4.68. The quantitative estimate of drug-likeness (QED) is 0.689. The van der Waals surface area contributed by atoms with Gasteiger partial charge in [-0.15, -0.1) is 0 Å². The molecule has 1 heterocycles. The summed E-state index contributed by atoms with van der Waals surface area (Å²) in [5, 5.41) is 0.841. The van der Waals surface area contributed by atoms with Crippen LogP contribution in [0, 0.1) is 5.82 Å². The molecule has 18 heavy (non-hydrogen) atoms. The summed E-state index contributed by atoms with van der Waals surface area (Å²) in [5.74, 6) is 0.135. The number of fused-ring (bicyclic) bond motifs is 1. The molecule has 3 aromatic rings. The third-order valence-corrected chi connectivity index (χ3v) is 3.49. The van der Waals surface area contributed by atoms with Crippen LogP contribution in [0.4, 0.5) is 4.39 Å². The Bertz CT molecular complexity index is 737. The molecule has 2 nitrogen and oxygen atoms in total. The molecule has 0 aliphatic rings. The van der Waals surface area contributed by atoms with Crippen molar-refractivity contribution in [3.8, 4) is 11.4 Å². The van der Waals surface area contributed by atoms with Gasteiger partial charge in [-0.25, -0.2) is 9.37 Å². The standard InChI is InChI=1S/C13H7Cl2FN2/c14-8-4-1-3-7(11(8)15)13-17-10-6-2-5-9(16)12(10)18-13/h1-6H,(H,17,18). The van der Waals surface area contributed by atoms with E-state index in [9.17, 15) is 4.39 Å². The highest BCUT2D eigenvalue weighted by atomic mass is 35.5. The number of halogens is 3. The molecule has 0 atom stereocenters. The van der Waals surface area contributed by atoms with Crippen LogP contribution in [0.15, 0.2) is 36.4 Å². The van der Waals surface area contributed by atoms with Crippen LogP contribution in [0.1, 0.15) is 0 Å². The average Bonchev–Trinajstić information content (AvgIpc) is 2.78. The summed E-state index contributed by atoms with van der Waals surface area (Å²) >= 11 is 12.1. The van der Waals surface area contributed by atoms with E-state index in [1.54, 1.807) is 30.3 Å². The Morgan fingerprint density at radius 3 is 2.61 bits per heavy atom. The van der Waals surface area contributed by atoms with E-state index >= 15 is 0 Å². The van der Waals surface area contributed by atoms with Gasteiger partial charge in [0, 0.05) is 5.56 Å². The molecule has 0 aliphatic heterocycles. The van der Waals surface area contributed by atoms with Crippen LogP contribution in [-0.4, -0.2) is 9.97 Å². The number of para-hydroxylation sites is 1. The lowest BCUT2D eigenvalue weighted by Crippen LogP contribution is -1.82. The Labute approximate surface area is 112 Å². The van der Waals surface area contributed by atoms with Crippen LogP contribution in [0.5, 0.6) is 0 Å². The number of aromatic amines is 1. The van der Waals surface area contributed by atoms with Gasteiger partial charge in [0.25, 0.3) is 0 Å².